The number of methoxy groups -OCH3 is 1. The SMILES string of the molecule is COc1cccc(CN(C(=O)Cc2ccccc2)C(C)C(=O)NC2CCCC2)c1. The van der Waals surface area contributed by atoms with Crippen LogP contribution >= 0.6 is 0 Å². The molecule has 0 spiro atoms. The van der Waals surface area contributed by atoms with Crippen LogP contribution in [0.1, 0.15) is 43.7 Å². The number of carbonyl (C=O) groups is 2. The first-order valence-electron chi connectivity index (χ1n) is 10.3. The molecule has 5 heteroatoms. The van der Waals surface area contributed by atoms with Crippen molar-refractivity contribution < 1.29 is 14.3 Å². The van der Waals surface area contributed by atoms with Gasteiger partial charge in [0, 0.05) is 12.6 Å². The molecule has 0 saturated heterocycles. The minimum Gasteiger partial charge on any atom is -0.497 e. The highest BCUT2D eigenvalue weighted by Gasteiger charge is 2.28. The van der Waals surface area contributed by atoms with Crippen molar-refractivity contribution in [2.45, 2.75) is 57.7 Å². The molecule has 0 aromatic heterocycles. The van der Waals surface area contributed by atoms with Gasteiger partial charge in [-0.1, -0.05) is 55.3 Å². The van der Waals surface area contributed by atoms with Crippen LogP contribution in [-0.4, -0.2) is 35.9 Å². The standard InChI is InChI=1S/C24H30N2O3/c1-18(24(28)25-21-12-6-7-13-21)26(17-20-11-8-14-22(15-20)29-2)23(27)16-19-9-4-3-5-10-19/h3-5,8-11,14-15,18,21H,6-7,12-13,16-17H2,1-2H3,(H,25,28). The second kappa shape index (κ2) is 10.1. The lowest BCUT2D eigenvalue weighted by molar-refractivity contribution is -0.140. The molecule has 1 N–H and O–H groups in total. The molecule has 2 aromatic carbocycles. The maximum atomic E-state index is 13.2. The van der Waals surface area contributed by atoms with Crippen LogP contribution in [0.4, 0.5) is 0 Å². The molecule has 29 heavy (non-hydrogen) atoms. The van der Waals surface area contributed by atoms with Crippen LogP contribution in [0.25, 0.3) is 0 Å². The number of nitrogens with zero attached hydrogens (tertiary/aromatic N) is 1. The molecule has 1 aliphatic carbocycles. The van der Waals surface area contributed by atoms with Gasteiger partial charge in [0.25, 0.3) is 0 Å². The van der Waals surface area contributed by atoms with E-state index in [0.29, 0.717) is 6.54 Å². The van der Waals surface area contributed by atoms with Gasteiger partial charge >= 0.3 is 0 Å². The lowest BCUT2D eigenvalue weighted by Crippen LogP contribution is -2.50. The summed E-state index contributed by atoms with van der Waals surface area (Å²) in [5, 5.41) is 3.13. The van der Waals surface area contributed by atoms with E-state index in [1.54, 1.807) is 12.0 Å². The van der Waals surface area contributed by atoms with Gasteiger partial charge in [-0.25, -0.2) is 0 Å². The minimum absolute atomic E-state index is 0.0620. The van der Waals surface area contributed by atoms with E-state index >= 15 is 0 Å². The number of nitrogens with one attached hydrogen (secondary N) is 1. The van der Waals surface area contributed by atoms with Crippen LogP contribution in [0.3, 0.4) is 0 Å². The highest BCUT2D eigenvalue weighted by Crippen LogP contribution is 2.20. The summed E-state index contributed by atoms with van der Waals surface area (Å²) in [4.78, 5) is 27.7. The summed E-state index contributed by atoms with van der Waals surface area (Å²) in [6.07, 6.45) is 4.62. The third-order valence-corrected chi connectivity index (χ3v) is 5.55. The highest BCUT2D eigenvalue weighted by molar-refractivity contribution is 5.88. The summed E-state index contributed by atoms with van der Waals surface area (Å²) in [6.45, 7) is 2.18. The molecule has 2 aromatic rings. The van der Waals surface area contributed by atoms with Gasteiger partial charge in [0.1, 0.15) is 11.8 Å². The molecule has 5 nitrogen and oxygen atoms in total. The Morgan fingerprint density at radius 3 is 2.45 bits per heavy atom. The van der Waals surface area contributed by atoms with Gasteiger partial charge in [0.05, 0.1) is 13.5 Å². The predicted octanol–water partition coefficient (Wildman–Crippen LogP) is 3.71. The zero-order chi connectivity index (χ0) is 20.6. The number of ether oxygens (including phenoxy) is 1. The van der Waals surface area contributed by atoms with E-state index < -0.39 is 6.04 Å². The Hall–Kier alpha value is -2.82. The van der Waals surface area contributed by atoms with Crippen LogP contribution in [0.2, 0.25) is 0 Å². The van der Waals surface area contributed by atoms with Crippen molar-refractivity contribution in [1.82, 2.24) is 10.2 Å². The second-order valence-electron chi connectivity index (χ2n) is 7.70. The summed E-state index contributed by atoms with van der Waals surface area (Å²) in [6, 6.07) is 17.0. The van der Waals surface area contributed by atoms with Crippen molar-refractivity contribution in [1.29, 1.82) is 0 Å². The van der Waals surface area contributed by atoms with Gasteiger partial charge in [0.15, 0.2) is 0 Å². The molecule has 1 aliphatic rings. The fraction of sp³-hybridized carbons (Fsp3) is 0.417. The second-order valence-corrected chi connectivity index (χ2v) is 7.70. The third kappa shape index (κ3) is 5.83. The van der Waals surface area contributed by atoms with Crippen molar-refractivity contribution in [2.24, 2.45) is 0 Å². The van der Waals surface area contributed by atoms with Crippen molar-refractivity contribution in [3.05, 3.63) is 65.7 Å². The monoisotopic (exact) mass is 394 g/mol. The summed E-state index contributed by atoms with van der Waals surface area (Å²) < 4.78 is 5.31. The Labute approximate surface area is 173 Å². The molecule has 0 radical (unpaired) electrons. The van der Waals surface area contributed by atoms with E-state index in [4.69, 9.17) is 4.74 Å². The number of benzene rings is 2. The highest BCUT2D eigenvalue weighted by atomic mass is 16.5. The van der Waals surface area contributed by atoms with Crippen LogP contribution in [0.15, 0.2) is 54.6 Å². The Bertz CT molecular complexity index is 816. The van der Waals surface area contributed by atoms with E-state index in [0.717, 1.165) is 42.6 Å². The summed E-state index contributed by atoms with van der Waals surface area (Å²) in [7, 11) is 1.62. The van der Waals surface area contributed by atoms with Gasteiger partial charge in [-0.15, -0.1) is 0 Å². The molecule has 2 amide bonds. The molecule has 0 heterocycles. The maximum Gasteiger partial charge on any atom is 0.242 e. The first-order chi connectivity index (χ1) is 14.1. The maximum absolute atomic E-state index is 13.2. The smallest absolute Gasteiger partial charge is 0.242 e. The molecule has 1 unspecified atom stereocenters. The normalized spacial score (nSPS) is 15.0. The summed E-state index contributed by atoms with van der Waals surface area (Å²) in [5.41, 5.74) is 1.88. The molecule has 1 fully saturated rings. The fourth-order valence-corrected chi connectivity index (χ4v) is 3.81. The van der Waals surface area contributed by atoms with E-state index in [2.05, 4.69) is 5.32 Å². The van der Waals surface area contributed by atoms with E-state index in [9.17, 15) is 9.59 Å². The largest absolute Gasteiger partial charge is 0.497 e. The van der Waals surface area contributed by atoms with Gasteiger partial charge in [0.2, 0.25) is 11.8 Å². The van der Waals surface area contributed by atoms with E-state index in [-0.39, 0.29) is 24.3 Å². The quantitative estimate of drug-likeness (QED) is 0.742. The molecule has 0 bridgehead atoms. The predicted molar refractivity (Wildman–Crippen MR) is 114 cm³/mol. The van der Waals surface area contributed by atoms with Crippen molar-refractivity contribution in [3.63, 3.8) is 0 Å². The van der Waals surface area contributed by atoms with Gasteiger partial charge in [-0.05, 0) is 43.0 Å². The molecule has 1 saturated carbocycles. The third-order valence-electron chi connectivity index (χ3n) is 5.55. The van der Waals surface area contributed by atoms with Gasteiger partial charge in [-0.2, -0.15) is 0 Å². The topological polar surface area (TPSA) is 58.6 Å². The number of hydrogen-bond donors (Lipinski definition) is 1. The van der Waals surface area contributed by atoms with E-state index in [1.165, 1.54) is 0 Å². The van der Waals surface area contributed by atoms with E-state index in [1.807, 2.05) is 61.5 Å². The first kappa shape index (κ1) is 20.9. The lowest BCUT2D eigenvalue weighted by atomic mass is 10.1. The minimum atomic E-state index is -0.544. The van der Waals surface area contributed by atoms with Gasteiger partial charge in [-0.3, -0.25) is 9.59 Å². The zero-order valence-electron chi connectivity index (χ0n) is 17.3. The van der Waals surface area contributed by atoms with Crippen LogP contribution < -0.4 is 10.1 Å². The van der Waals surface area contributed by atoms with Gasteiger partial charge < -0.3 is 15.0 Å². The Kier molecular flexibility index (Phi) is 7.28. The summed E-state index contributed by atoms with van der Waals surface area (Å²) in [5.74, 6) is 0.593. The average Bonchev–Trinajstić information content (AvgIpc) is 3.25. The number of hydrogen-bond acceptors (Lipinski definition) is 3. The molecular formula is C24H30N2O3. The average molecular weight is 395 g/mol. The zero-order valence-corrected chi connectivity index (χ0v) is 17.3. The molecule has 3 rings (SSSR count). The molecular weight excluding hydrogens is 364 g/mol. The Morgan fingerprint density at radius 1 is 1.07 bits per heavy atom. The van der Waals surface area contributed by atoms with Crippen molar-refractivity contribution in [3.8, 4) is 5.75 Å². The molecule has 154 valence electrons. The van der Waals surface area contributed by atoms with Crippen LogP contribution in [-0.2, 0) is 22.6 Å². The lowest BCUT2D eigenvalue weighted by Gasteiger charge is -2.30. The van der Waals surface area contributed by atoms with Crippen molar-refractivity contribution >= 4 is 11.8 Å². The fourth-order valence-electron chi connectivity index (χ4n) is 3.81. The Morgan fingerprint density at radius 2 is 1.76 bits per heavy atom. The van der Waals surface area contributed by atoms with Crippen LogP contribution in [0, 0.1) is 0 Å². The molecule has 1 atom stereocenters. The number of rotatable bonds is 8. The van der Waals surface area contributed by atoms with Crippen LogP contribution in [0.5, 0.6) is 5.75 Å². The first-order valence-corrected chi connectivity index (χ1v) is 10.3. The number of amides is 2. The summed E-state index contributed by atoms with van der Waals surface area (Å²) >= 11 is 0. The molecule has 0 aliphatic heterocycles. The Balaban J connectivity index is 1.77. The van der Waals surface area contributed by atoms with Crippen molar-refractivity contribution in [2.75, 3.05) is 7.11 Å². The number of carbonyl (C=O) groups excluding carboxylic acids is 2.